The number of amides is 1. The van der Waals surface area contributed by atoms with E-state index in [1.54, 1.807) is 6.92 Å². The highest BCUT2D eigenvalue weighted by atomic mass is 32.2. The molecule has 1 fully saturated rings. The highest BCUT2D eigenvalue weighted by molar-refractivity contribution is 7.99. The van der Waals surface area contributed by atoms with E-state index >= 15 is 0 Å². The average Bonchev–Trinajstić information content (AvgIpc) is 3.00. The Bertz CT molecular complexity index is 650. The summed E-state index contributed by atoms with van der Waals surface area (Å²) in [5.74, 6) is 3.50. The lowest BCUT2D eigenvalue weighted by Gasteiger charge is -2.26. The van der Waals surface area contributed by atoms with Crippen molar-refractivity contribution in [2.45, 2.75) is 19.9 Å². The van der Waals surface area contributed by atoms with E-state index in [-0.39, 0.29) is 5.91 Å². The van der Waals surface area contributed by atoms with Crippen LogP contribution in [0.3, 0.4) is 0 Å². The van der Waals surface area contributed by atoms with Crippen LogP contribution in [-0.4, -0.2) is 45.5 Å². The van der Waals surface area contributed by atoms with Crippen LogP contribution in [0.1, 0.15) is 17.3 Å². The van der Waals surface area contributed by atoms with Crippen LogP contribution in [0.5, 0.6) is 0 Å². The number of carbonyl (C=O) groups is 1. The smallest absolute Gasteiger partial charge is 0.245 e. The van der Waals surface area contributed by atoms with Gasteiger partial charge in [-0.25, -0.2) is 0 Å². The first-order chi connectivity index (χ1) is 11.2. The number of aromatic nitrogens is 2. The van der Waals surface area contributed by atoms with Gasteiger partial charge in [-0.05, 0) is 24.6 Å². The minimum atomic E-state index is 0.215. The summed E-state index contributed by atoms with van der Waals surface area (Å²) in [6, 6.07) is 7.91. The molecule has 0 aliphatic carbocycles. The van der Waals surface area contributed by atoms with Gasteiger partial charge < -0.3 is 14.7 Å². The zero-order valence-electron chi connectivity index (χ0n) is 13.1. The molecule has 3 rings (SSSR count). The van der Waals surface area contributed by atoms with E-state index in [4.69, 9.17) is 4.52 Å². The van der Waals surface area contributed by atoms with E-state index in [1.807, 2.05) is 40.9 Å². The first-order valence-corrected chi connectivity index (χ1v) is 8.84. The molecule has 122 valence electrons. The molecule has 2 heterocycles. The second-order valence-electron chi connectivity index (χ2n) is 5.46. The Morgan fingerprint density at radius 3 is 2.70 bits per heavy atom. The lowest BCUT2D eigenvalue weighted by Crippen LogP contribution is -2.38. The van der Waals surface area contributed by atoms with E-state index < -0.39 is 0 Å². The van der Waals surface area contributed by atoms with Crippen LogP contribution in [0.2, 0.25) is 0 Å². The van der Waals surface area contributed by atoms with Crippen LogP contribution in [0, 0.1) is 6.92 Å². The number of anilines is 1. The van der Waals surface area contributed by atoms with E-state index in [2.05, 4.69) is 15.5 Å². The van der Waals surface area contributed by atoms with Crippen LogP contribution < -0.4 is 5.32 Å². The van der Waals surface area contributed by atoms with Crippen LogP contribution in [0.15, 0.2) is 28.8 Å². The largest absolute Gasteiger partial charge is 0.376 e. The Labute approximate surface area is 139 Å². The molecule has 0 saturated carbocycles. The van der Waals surface area contributed by atoms with Gasteiger partial charge in [-0.15, -0.1) is 0 Å². The maximum Gasteiger partial charge on any atom is 0.245 e. The van der Waals surface area contributed by atoms with Crippen LogP contribution in [-0.2, 0) is 17.8 Å². The van der Waals surface area contributed by atoms with Gasteiger partial charge in [0.05, 0.1) is 13.0 Å². The number of rotatable bonds is 5. The van der Waals surface area contributed by atoms with Crippen molar-refractivity contribution in [3.63, 3.8) is 0 Å². The molecule has 7 heteroatoms. The molecule has 1 aromatic heterocycles. The maximum atomic E-state index is 12.2. The number of nitrogens with one attached hydrogen (secondary N) is 1. The van der Waals surface area contributed by atoms with E-state index in [9.17, 15) is 4.79 Å². The molecule has 0 atom stereocenters. The molecule has 0 unspecified atom stereocenters. The highest BCUT2D eigenvalue weighted by Crippen LogP contribution is 2.14. The number of benzene rings is 1. The van der Waals surface area contributed by atoms with E-state index in [0.29, 0.717) is 24.7 Å². The van der Waals surface area contributed by atoms with Gasteiger partial charge in [0.2, 0.25) is 11.8 Å². The lowest BCUT2D eigenvalue weighted by molar-refractivity contribution is -0.130. The molecular formula is C16H20N4O2S. The first-order valence-electron chi connectivity index (χ1n) is 7.68. The third-order valence-corrected chi connectivity index (χ3v) is 4.63. The van der Waals surface area contributed by atoms with Crippen molar-refractivity contribution in [3.05, 3.63) is 41.5 Å². The van der Waals surface area contributed by atoms with Gasteiger partial charge >= 0.3 is 0 Å². The summed E-state index contributed by atoms with van der Waals surface area (Å²) in [7, 11) is 0. The summed E-state index contributed by atoms with van der Waals surface area (Å²) in [4.78, 5) is 18.3. The fourth-order valence-corrected chi connectivity index (χ4v) is 3.33. The lowest BCUT2D eigenvalue weighted by atomic mass is 10.1. The number of thioether (sulfide) groups is 1. The molecule has 0 bridgehead atoms. The molecular weight excluding hydrogens is 312 g/mol. The Hall–Kier alpha value is -2.02. The summed E-state index contributed by atoms with van der Waals surface area (Å²) in [6.07, 6.45) is 0.466. The minimum Gasteiger partial charge on any atom is -0.376 e. The van der Waals surface area contributed by atoms with Crippen molar-refractivity contribution in [2.24, 2.45) is 0 Å². The van der Waals surface area contributed by atoms with Crippen molar-refractivity contribution in [3.8, 4) is 0 Å². The molecule has 6 nitrogen and oxygen atoms in total. The van der Waals surface area contributed by atoms with Gasteiger partial charge in [0, 0.05) is 30.3 Å². The second-order valence-corrected chi connectivity index (χ2v) is 6.68. The first kappa shape index (κ1) is 15.9. The summed E-state index contributed by atoms with van der Waals surface area (Å²) >= 11 is 1.91. The Morgan fingerprint density at radius 2 is 2.04 bits per heavy atom. The Kier molecular flexibility index (Phi) is 5.17. The van der Waals surface area contributed by atoms with Gasteiger partial charge in [-0.3, -0.25) is 4.79 Å². The monoisotopic (exact) mass is 332 g/mol. The number of hydrogen-bond donors (Lipinski definition) is 1. The fraction of sp³-hybridized carbons (Fsp3) is 0.438. The third-order valence-electron chi connectivity index (χ3n) is 3.69. The van der Waals surface area contributed by atoms with Crippen LogP contribution in [0.25, 0.3) is 0 Å². The minimum absolute atomic E-state index is 0.215. The Balaban J connectivity index is 1.51. The van der Waals surface area contributed by atoms with Crippen molar-refractivity contribution in [2.75, 3.05) is 29.9 Å². The predicted molar refractivity (Wildman–Crippen MR) is 90.4 cm³/mol. The number of aryl methyl sites for hydroxylation is 1. The molecule has 1 aliphatic heterocycles. The molecule has 0 spiro atoms. The van der Waals surface area contributed by atoms with Gasteiger partial charge in [0.1, 0.15) is 0 Å². The molecule has 1 saturated heterocycles. The maximum absolute atomic E-state index is 12.2. The number of carbonyl (C=O) groups excluding carboxylic acids is 1. The van der Waals surface area contributed by atoms with Gasteiger partial charge in [0.15, 0.2) is 5.82 Å². The molecule has 0 radical (unpaired) electrons. The van der Waals surface area contributed by atoms with Gasteiger partial charge in [-0.1, -0.05) is 17.3 Å². The average molecular weight is 332 g/mol. The van der Waals surface area contributed by atoms with Crippen LogP contribution in [0.4, 0.5) is 5.69 Å². The standard InChI is InChI=1S/C16H20N4O2S/c1-12-18-15(22-19-12)11-17-14-4-2-13(3-5-14)10-16(21)20-6-8-23-9-7-20/h2-5,17H,6-11H2,1H3. The third kappa shape index (κ3) is 4.48. The summed E-state index contributed by atoms with van der Waals surface area (Å²) in [5, 5.41) is 6.97. The van der Waals surface area contributed by atoms with Crippen molar-refractivity contribution < 1.29 is 9.32 Å². The van der Waals surface area contributed by atoms with E-state index in [1.165, 1.54) is 0 Å². The van der Waals surface area contributed by atoms with Crippen molar-refractivity contribution in [1.29, 1.82) is 0 Å². The summed E-state index contributed by atoms with van der Waals surface area (Å²) in [5.41, 5.74) is 2.00. The quantitative estimate of drug-likeness (QED) is 0.904. The van der Waals surface area contributed by atoms with Crippen LogP contribution >= 0.6 is 11.8 Å². The zero-order chi connectivity index (χ0) is 16.1. The number of hydrogen-bond acceptors (Lipinski definition) is 6. The fourth-order valence-electron chi connectivity index (χ4n) is 2.43. The van der Waals surface area contributed by atoms with Crippen molar-refractivity contribution in [1.82, 2.24) is 15.0 Å². The number of nitrogens with zero attached hydrogens (tertiary/aromatic N) is 3. The topological polar surface area (TPSA) is 71.3 Å². The molecule has 23 heavy (non-hydrogen) atoms. The molecule has 1 amide bonds. The van der Waals surface area contributed by atoms with Gasteiger partial charge in [0.25, 0.3) is 0 Å². The highest BCUT2D eigenvalue weighted by Gasteiger charge is 2.16. The SMILES string of the molecule is Cc1noc(CNc2ccc(CC(=O)N3CCSCC3)cc2)n1. The normalized spacial score (nSPS) is 14.7. The van der Waals surface area contributed by atoms with Gasteiger partial charge in [-0.2, -0.15) is 16.7 Å². The summed E-state index contributed by atoms with van der Waals surface area (Å²) < 4.78 is 5.05. The zero-order valence-corrected chi connectivity index (χ0v) is 13.9. The van der Waals surface area contributed by atoms with Crippen molar-refractivity contribution >= 4 is 23.4 Å². The molecule has 2 aromatic rings. The predicted octanol–water partition coefficient (Wildman–Crippen LogP) is 2.11. The molecule has 1 N–H and O–H groups in total. The van der Waals surface area contributed by atoms with E-state index in [0.717, 1.165) is 35.8 Å². The molecule has 1 aliphatic rings. The summed E-state index contributed by atoms with van der Waals surface area (Å²) in [6.45, 7) is 4.02. The molecule has 1 aromatic carbocycles. The Morgan fingerprint density at radius 1 is 1.30 bits per heavy atom. The second kappa shape index (κ2) is 7.50.